The van der Waals surface area contributed by atoms with E-state index in [0.717, 1.165) is 24.2 Å². The fourth-order valence-electron chi connectivity index (χ4n) is 9.64. The first kappa shape index (κ1) is 31.4. The van der Waals surface area contributed by atoms with Crippen molar-refractivity contribution in [2.24, 2.45) is 0 Å². The van der Waals surface area contributed by atoms with Crippen LogP contribution < -0.4 is 0 Å². The SMILES string of the molecule is CC1(C)C2=CC(c3cccc(-c4c5ccccc5c(C5=CC=CCC5)c5ccccc45)c3)=CCC2c2ccc3ccc(-c4ccccc4)c(S)c3c21. The highest BCUT2D eigenvalue weighted by Crippen LogP contribution is 2.57. The summed E-state index contributed by atoms with van der Waals surface area (Å²) >= 11 is 5.25. The molecule has 7 aromatic carbocycles. The molecule has 1 heteroatoms. The first-order valence-electron chi connectivity index (χ1n) is 18.7. The van der Waals surface area contributed by atoms with Gasteiger partial charge in [-0.25, -0.2) is 0 Å². The number of benzene rings is 7. The van der Waals surface area contributed by atoms with E-state index in [1.54, 1.807) is 0 Å². The van der Waals surface area contributed by atoms with Gasteiger partial charge in [-0.15, -0.1) is 12.6 Å². The van der Waals surface area contributed by atoms with Gasteiger partial charge in [0.05, 0.1) is 0 Å². The molecule has 3 aliphatic carbocycles. The predicted octanol–water partition coefficient (Wildman–Crippen LogP) is 14.3. The molecule has 0 bridgehead atoms. The van der Waals surface area contributed by atoms with Crippen LogP contribution in [-0.4, -0.2) is 0 Å². The van der Waals surface area contributed by atoms with Gasteiger partial charge in [0.1, 0.15) is 0 Å². The number of hydrogen-bond acceptors (Lipinski definition) is 1. The normalized spacial score (nSPS) is 17.5. The van der Waals surface area contributed by atoms with Gasteiger partial charge >= 0.3 is 0 Å². The van der Waals surface area contributed by atoms with E-state index in [2.05, 4.69) is 172 Å². The smallest absolute Gasteiger partial charge is 0.0201 e. The van der Waals surface area contributed by atoms with Gasteiger partial charge in [0.2, 0.25) is 0 Å². The van der Waals surface area contributed by atoms with Crippen LogP contribution >= 0.6 is 12.6 Å². The van der Waals surface area contributed by atoms with E-state index in [9.17, 15) is 0 Å². The highest BCUT2D eigenvalue weighted by Gasteiger charge is 2.43. The fourth-order valence-corrected chi connectivity index (χ4v) is 10.1. The molecule has 0 heterocycles. The highest BCUT2D eigenvalue weighted by atomic mass is 32.1. The Balaban J connectivity index is 1.10. The quantitative estimate of drug-likeness (QED) is 0.138. The van der Waals surface area contributed by atoms with Crippen LogP contribution in [0.4, 0.5) is 0 Å². The molecule has 3 aliphatic rings. The Kier molecular flexibility index (Phi) is 7.31. The first-order valence-corrected chi connectivity index (χ1v) is 19.1. The van der Waals surface area contributed by atoms with Crippen LogP contribution in [0.25, 0.3) is 65.7 Å². The van der Waals surface area contributed by atoms with E-state index >= 15 is 0 Å². The number of allylic oxidation sites excluding steroid dienone is 8. The molecule has 7 aromatic rings. The summed E-state index contributed by atoms with van der Waals surface area (Å²) in [6.45, 7) is 4.85. The first-order chi connectivity index (χ1) is 25.5. The molecule has 10 rings (SSSR count). The molecule has 0 aliphatic heterocycles. The minimum Gasteiger partial charge on any atom is -0.142 e. The van der Waals surface area contributed by atoms with Crippen molar-refractivity contribution >= 4 is 56.1 Å². The van der Waals surface area contributed by atoms with Crippen LogP contribution in [-0.2, 0) is 5.41 Å². The van der Waals surface area contributed by atoms with Gasteiger partial charge in [-0.3, -0.25) is 0 Å². The Morgan fingerprint density at radius 1 is 0.654 bits per heavy atom. The van der Waals surface area contributed by atoms with E-state index < -0.39 is 0 Å². The highest BCUT2D eigenvalue weighted by molar-refractivity contribution is 7.80. The summed E-state index contributed by atoms with van der Waals surface area (Å²) in [7, 11) is 0. The maximum atomic E-state index is 5.25. The third-order valence-corrected chi connectivity index (χ3v) is 12.5. The third-order valence-electron chi connectivity index (χ3n) is 12.0. The van der Waals surface area contributed by atoms with Crippen LogP contribution in [0.15, 0.2) is 168 Å². The molecule has 250 valence electrons. The summed E-state index contributed by atoms with van der Waals surface area (Å²) in [4.78, 5) is 1.08. The topological polar surface area (TPSA) is 0 Å². The van der Waals surface area contributed by atoms with Crippen molar-refractivity contribution in [2.75, 3.05) is 0 Å². The average molecular weight is 685 g/mol. The van der Waals surface area contributed by atoms with Crippen LogP contribution in [0, 0.1) is 0 Å². The summed E-state index contributed by atoms with van der Waals surface area (Å²) in [6, 6.07) is 47.2. The molecular formula is C51H40S. The summed E-state index contributed by atoms with van der Waals surface area (Å²) in [5, 5.41) is 7.86. The molecule has 52 heavy (non-hydrogen) atoms. The number of rotatable bonds is 4. The Labute approximate surface area is 312 Å². The Hall–Kier alpha value is -5.37. The molecule has 0 spiro atoms. The second-order valence-corrected chi connectivity index (χ2v) is 15.7. The summed E-state index contributed by atoms with van der Waals surface area (Å²) < 4.78 is 0. The van der Waals surface area contributed by atoms with E-state index in [0.29, 0.717) is 5.92 Å². The van der Waals surface area contributed by atoms with Gasteiger partial charge in [-0.1, -0.05) is 171 Å². The number of hydrogen-bond donors (Lipinski definition) is 1. The largest absolute Gasteiger partial charge is 0.142 e. The van der Waals surface area contributed by atoms with Crippen molar-refractivity contribution in [3.63, 3.8) is 0 Å². The van der Waals surface area contributed by atoms with Gasteiger partial charge in [-0.2, -0.15) is 0 Å². The standard InChI is InChI=1S/C51H40S/c1-51(2)45-31-36(26-28-39(45)44-29-25-34-24-27-38(32-14-5-3-6-15-32)50(52)48(34)49(44)51)35-18-13-19-37(30-35)47-42-22-11-9-20-40(42)46(33-16-7-4-8-17-33)41-21-10-12-23-43(41)47/h3-7,9-16,18-27,29-31,39,52H,8,17,28H2,1-2H3. The molecule has 1 unspecified atom stereocenters. The minimum absolute atomic E-state index is 0.130. The Morgan fingerprint density at radius 2 is 1.31 bits per heavy atom. The average Bonchev–Trinajstić information content (AvgIpc) is 3.43. The van der Waals surface area contributed by atoms with E-state index in [4.69, 9.17) is 12.6 Å². The fraction of sp³-hybridized carbons (Fsp3) is 0.137. The second kappa shape index (κ2) is 12.1. The zero-order valence-electron chi connectivity index (χ0n) is 29.7. The van der Waals surface area contributed by atoms with Crippen molar-refractivity contribution in [3.8, 4) is 22.3 Å². The summed E-state index contributed by atoms with van der Waals surface area (Å²) in [5.41, 5.74) is 14.7. The number of thiol groups is 1. The van der Waals surface area contributed by atoms with Crippen molar-refractivity contribution < 1.29 is 0 Å². The van der Waals surface area contributed by atoms with Crippen LogP contribution in [0.2, 0.25) is 0 Å². The lowest BCUT2D eigenvalue weighted by atomic mass is 9.76. The lowest BCUT2D eigenvalue weighted by molar-refractivity contribution is 0.616. The molecule has 0 saturated carbocycles. The molecule has 0 amide bonds. The van der Waals surface area contributed by atoms with Crippen LogP contribution in [0.3, 0.4) is 0 Å². The summed E-state index contributed by atoms with van der Waals surface area (Å²) in [6.07, 6.45) is 15.0. The van der Waals surface area contributed by atoms with Crippen molar-refractivity contribution in [2.45, 2.75) is 49.3 Å². The molecule has 0 radical (unpaired) electrons. The predicted molar refractivity (Wildman–Crippen MR) is 226 cm³/mol. The zero-order valence-corrected chi connectivity index (χ0v) is 30.6. The van der Waals surface area contributed by atoms with Gasteiger partial charge in [0.25, 0.3) is 0 Å². The third kappa shape index (κ3) is 4.76. The van der Waals surface area contributed by atoms with E-state index in [-0.39, 0.29) is 5.41 Å². The lowest BCUT2D eigenvalue weighted by Crippen LogP contribution is -2.18. The van der Waals surface area contributed by atoms with Gasteiger partial charge in [-0.05, 0) is 113 Å². The van der Waals surface area contributed by atoms with Crippen LogP contribution in [0.5, 0.6) is 0 Å². The Bertz CT molecular complexity index is 2680. The molecule has 1 atom stereocenters. The molecular weight excluding hydrogens is 645 g/mol. The van der Waals surface area contributed by atoms with Crippen LogP contribution in [0.1, 0.15) is 61.3 Å². The van der Waals surface area contributed by atoms with Gasteiger partial charge < -0.3 is 0 Å². The van der Waals surface area contributed by atoms with Gasteiger partial charge in [0, 0.05) is 16.2 Å². The lowest BCUT2D eigenvalue weighted by Gasteiger charge is -2.28. The van der Waals surface area contributed by atoms with Crippen molar-refractivity contribution in [1.82, 2.24) is 0 Å². The van der Waals surface area contributed by atoms with Crippen molar-refractivity contribution in [3.05, 3.63) is 186 Å². The maximum Gasteiger partial charge on any atom is 0.0201 e. The molecule has 0 aromatic heterocycles. The minimum atomic E-state index is -0.130. The monoisotopic (exact) mass is 684 g/mol. The van der Waals surface area contributed by atoms with Crippen molar-refractivity contribution in [1.29, 1.82) is 0 Å². The maximum absolute atomic E-state index is 5.25. The molecule has 0 nitrogen and oxygen atoms in total. The Morgan fingerprint density at radius 3 is 2.02 bits per heavy atom. The summed E-state index contributed by atoms with van der Waals surface area (Å²) in [5.74, 6) is 0.374. The zero-order chi connectivity index (χ0) is 35.0. The molecule has 0 fully saturated rings. The van der Waals surface area contributed by atoms with Gasteiger partial charge in [0.15, 0.2) is 0 Å². The van der Waals surface area contributed by atoms with E-state index in [1.807, 2.05) is 0 Å². The van der Waals surface area contributed by atoms with E-state index in [1.165, 1.54) is 93.5 Å². The number of fused-ring (bicyclic) bond motifs is 7. The second-order valence-electron chi connectivity index (χ2n) is 15.2. The molecule has 0 saturated heterocycles. The molecule has 0 N–H and O–H groups in total.